The molecule has 0 aliphatic carbocycles. The maximum Gasteiger partial charge on any atom is 0.222 e. The van der Waals surface area contributed by atoms with E-state index in [-0.39, 0.29) is 5.91 Å². The predicted octanol–water partition coefficient (Wildman–Crippen LogP) is 2.05. The second kappa shape index (κ2) is 5.52. The number of carbonyl (C=O) groups is 1. The van der Waals surface area contributed by atoms with Gasteiger partial charge in [-0.25, -0.2) is 0 Å². The summed E-state index contributed by atoms with van der Waals surface area (Å²) in [5.74, 6) is 0.237. The van der Waals surface area contributed by atoms with Gasteiger partial charge in [-0.15, -0.1) is 0 Å². The molecule has 0 aromatic heterocycles. The SMILES string of the molecule is CN1CC(NCc2ccccc2Cl)CCC1=O. The second-order valence-corrected chi connectivity index (χ2v) is 4.89. The molecule has 0 radical (unpaired) electrons. The topological polar surface area (TPSA) is 32.3 Å². The number of rotatable bonds is 3. The summed E-state index contributed by atoms with van der Waals surface area (Å²) in [7, 11) is 1.85. The van der Waals surface area contributed by atoms with Crippen molar-refractivity contribution in [3.63, 3.8) is 0 Å². The molecule has 1 atom stereocenters. The summed E-state index contributed by atoms with van der Waals surface area (Å²) in [6, 6.07) is 8.20. The van der Waals surface area contributed by atoms with E-state index in [9.17, 15) is 4.79 Å². The maximum atomic E-state index is 11.3. The lowest BCUT2D eigenvalue weighted by Crippen LogP contribution is -2.46. The summed E-state index contributed by atoms with van der Waals surface area (Å²) >= 11 is 6.09. The molecule has 1 aliphatic heterocycles. The summed E-state index contributed by atoms with van der Waals surface area (Å²) in [4.78, 5) is 13.1. The minimum absolute atomic E-state index is 0.237. The molecule has 1 aromatic rings. The number of carbonyl (C=O) groups excluding carboxylic acids is 1. The molecule has 1 aliphatic rings. The highest BCUT2D eigenvalue weighted by atomic mass is 35.5. The largest absolute Gasteiger partial charge is 0.344 e. The van der Waals surface area contributed by atoms with Crippen LogP contribution < -0.4 is 5.32 Å². The number of hydrogen-bond acceptors (Lipinski definition) is 2. The molecule has 3 nitrogen and oxygen atoms in total. The quantitative estimate of drug-likeness (QED) is 0.893. The number of hydrogen-bond donors (Lipinski definition) is 1. The fourth-order valence-corrected chi connectivity index (χ4v) is 2.28. The highest BCUT2D eigenvalue weighted by molar-refractivity contribution is 6.31. The summed E-state index contributed by atoms with van der Waals surface area (Å²) in [6.45, 7) is 1.54. The maximum absolute atomic E-state index is 11.3. The van der Waals surface area contributed by atoms with Crippen LogP contribution in [-0.2, 0) is 11.3 Å². The van der Waals surface area contributed by atoms with Gasteiger partial charge in [-0.1, -0.05) is 29.8 Å². The fraction of sp³-hybridized carbons (Fsp3) is 0.462. The van der Waals surface area contributed by atoms with Gasteiger partial charge in [0.15, 0.2) is 0 Å². The highest BCUT2D eigenvalue weighted by Crippen LogP contribution is 2.16. The van der Waals surface area contributed by atoms with Gasteiger partial charge >= 0.3 is 0 Å². The lowest BCUT2D eigenvalue weighted by atomic mass is 10.1. The van der Waals surface area contributed by atoms with E-state index in [0.717, 1.165) is 30.1 Å². The molecule has 17 heavy (non-hydrogen) atoms. The highest BCUT2D eigenvalue weighted by Gasteiger charge is 2.22. The summed E-state index contributed by atoms with van der Waals surface area (Å²) in [6.07, 6.45) is 1.55. The van der Waals surface area contributed by atoms with E-state index in [4.69, 9.17) is 11.6 Å². The van der Waals surface area contributed by atoms with Gasteiger partial charge in [0.05, 0.1) is 0 Å². The lowest BCUT2D eigenvalue weighted by Gasteiger charge is -2.30. The molecular weight excluding hydrogens is 236 g/mol. The number of amides is 1. The van der Waals surface area contributed by atoms with E-state index in [0.29, 0.717) is 12.5 Å². The van der Waals surface area contributed by atoms with Gasteiger partial charge < -0.3 is 10.2 Å². The molecule has 1 unspecified atom stereocenters. The standard InChI is InChI=1S/C13H17ClN2O/c1-16-9-11(6-7-13(16)17)15-8-10-4-2-3-5-12(10)14/h2-5,11,15H,6-9H2,1H3. The molecular formula is C13H17ClN2O. The van der Waals surface area contributed by atoms with Crippen molar-refractivity contribution >= 4 is 17.5 Å². The van der Waals surface area contributed by atoms with Crippen LogP contribution in [0.1, 0.15) is 18.4 Å². The van der Waals surface area contributed by atoms with Gasteiger partial charge in [0, 0.05) is 37.6 Å². The van der Waals surface area contributed by atoms with Crippen molar-refractivity contribution in [3.8, 4) is 0 Å². The zero-order valence-corrected chi connectivity index (χ0v) is 10.7. The third-order valence-electron chi connectivity index (χ3n) is 3.17. The molecule has 1 fully saturated rings. The predicted molar refractivity (Wildman–Crippen MR) is 69.0 cm³/mol. The van der Waals surface area contributed by atoms with Crippen molar-refractivity contribution in [1.82, 2.24) is 10.2 Å². The minimum atomic E-state index is 0.237. The van der Waals surface area contributed by atoms with Gasteiger partial charge in [-0.2, -0.15) is 0 Å². The fourth-order valence-electron chi connectivity index (χ4n) is 2.07. The number of nitrogens with one attached hydrogen (secondary N) is 1. The van der Waals surface area contributed by atoms with E-state index in [1.165, 1.54) is 0 Å². The van der Waals surface area contributed by atoms with Gasteiger partial charge in [-0.3, -0.25) is 4.79 Å². The van der Waals surface area contributed by atoms with Crippen LogP contribution in [0.15, 0.2) is 24.3 Å². The zero-order valence-electron chi connectivity index (χ0n) is 9.95. The first-order valence-electron chi connectivity index (χ1n) is 5.87. The van der Waals surface area contributed by atoms with Crippen LogP contribution in [-0.4, -0.2) is 30.4 Å². The molecule has 1 saturated heterocycles. The van der Waals surface area contributed by atoms with Crippen molar-refractivity contribution in [1.29, 1.82) is 0 Å². The molecule has 1 N–H and O–H groups in total. The van der Waals surface area contributed by atoms with Crippen LogP contribution >= 0.6 is 11.6 Å². The van der Waals surface area contributed by atoms with Gasteiger partial charge in [0.2, 0.25) is 5.91 Å². The summed E-state index contributed by atoms with van der Waals surface area (Å²) < 4.78 is 0. The lowest BCUT2D eigenvalue weighted by molar-refractivity contribution is -0.132. The number of likely N-dealkylation sites (N-methyl/N-ethyl adjacent to an activating group) is 1. The van der Waals surface area contributed by atoms with Crippen LogP contribution in [0.25, 0.3) is 0 Å². The smallest absolute Gasteiger partial charge is 0.222 e. The monoisotopic (exact) mass is 252 g/mol. The van der Waals surface area contributed by atoms with Crippen LogP contribution in [0.4, 0.5) is 0 Å². The van der Waals surface area contributed by atoms with Crippen LogP contribution in [0.5, 0.6) is 0 Å². The molecule has 1 aromatic carbocycles. The van der Waals surface area contributed by atoms with Crippen molar-refractivity contribution in [2.45, 2.75) is 25.4 Å². The van der Waals surface area contributed by atoms with E-state index in [1.807, 2.05) is 31.3 Å². The summed E-state index contributed by atoms with van der Waals surface area (Å²) in [5, 5.41) is 4.24. The zero-order chi connectivity index (χ0) is 12.3. The number of nitrogens with zero attached hydrogens (tertiary/aromatic N) is 1. The Balaban J connectivity index is 1.87. The van der Waals surface area contributed by atoms with E-state index in [2.05, 4.69) is 5.32 Å². The molecule has 0 bridgehead atoms. The summed E-state index contributed by atoms with van der Waals surface area (Å²) in [5.41, 5.74) is 1.11. The van der Waals surface area contributed by atoms with Crippen LogP contribution in [0.2, 0.25) is 5.02 Å². The number of piperidine rings is 1. The number of likely N-dealkylation sites (tertiary alicyclic amines) is 1. The molecule has 2 rings (SSSR count). The molecule has 1 amide bonds. The van der Waals surface area contributed by atoms with Gasteiger partial charge in [-0.05, 0) is 18.1 Å². The van der Waals surface area contributed by atoms with Crippen molar-refractivity contribution in [2.75, 3.05) is 13.6 Å². The van der Waals surface area contributed by atoms with Crippen LogP contribution in [0.3, 0.4) is 0 Å². The first kappa shape index (κ1) is 12.4. The Hall–Kier alpha value is -1.06. The Morgan fingerprint density at radius 3 is 2.94 bits per heavy atom. The van der Waals surface area contributed by atoms with Crippen molar-refractivity contribution < 1.29 is 4.79 Å². The van der Waals surface area contributed by atoms with Crippen molar-refractivity contribution in [2.24, 2.45) is 0 Å². The first-order chi connectivity index (χ1) is 8.16. The first-order valence-corrected chi connectivity index (χ1v) is 6.25. The molecule has 0 saturated carbocycles. The average Bonchev–Trinajstić information content (AvgIpc) is 2.32. The molecule has 4 heteroatoms. The Morgan fingerprint density at radius 2 is 2.24 bits per heavy atom. The Kier molecular flexibility index (Phi) is 4.02. The Bertz CT molecular complexity index is 408. The number of benzene rings is 1. The average molecular weight is 253 g/mol. The van der Waals surface area contributed by atoms with E-state index >= 15 is 0 Å². The molecule has 0 spiro atoms. The van der Waals surface area contributed by atoms with E-state index in [1.54, 1.807) is 4.90 Å². The minimum Gasteiger partial charge on any atom is -0.344 e. The van der Waals surface area contributed by atoms with Crippen molar-refractivity contribution in [3.05, 3.63) is 34.9 Å². The molecule has 92 valence electrons. The van der Waals surface area contributed by atoms with Crippen LogP contribution in [0, 0.1) is 0 Å². The third-order valence-corrected chi connectivity index (χ3v) is 3.53. The second-order valence-electron chi connectivity index (χ2n) is 4.48. The normalized spacial score (nSPS) is 20.7. The molecule has 1 heterocycles. The van der Waals surface area contributed by atoms with E-state index < -0.39 is 0 Å². The third kappa shape index (κ3) is 3.20. The van der Waals surface area contributed by atoms with Gasteiger partial charge in [0.25, 0.3) is 0 Å². The van der Waals surface area contributed by atoms with Gasteiger partial charge in [0.1, 0.15) is 0 Å². The Morgan fingerprint density at radius 1 is 1.47 bits per heavy atom. The number of halogens is 1. The Labute approximate surface area is 107 Å².